The molecule has 1 aliphatic rings. The van der Waals surface area contributed by atoms with Crippen LogP contribution in [0, 0.1) is 0 Å². The second kappa shape index (κ2) is 7.81. The Hall–Kier alpha value is -2.96. The van der Waals surface area contributed by atoms with Crippen LogP contribution in [0.1, 0.15) is 18.9 Å². The Balaban J connectivity index is 1.81. The summed E-state index contributed by atoms with van der Waals surface area (Å²) in [7, 11) is 0. The molecular weight excluding hydrogens is 406 g/mol. The molecule has 1 saturated heterocycles. The van der Waals surface area contributed by atoms with Crippen molar-refractivity contribution < 1.29 is 9.59 Å². The average molecular weight is 424 g/mol. The van der Waals surface area contributed by atoms with Gasteiger partial charge in [0, 0.05) is 34.2 Å². The Morgan fingerprint density at radius 3 is 2.69 bits per heavy atom. The topological polar surface area (TPSA) is 54.3 Å². The highest BCUT2D eigenvalue weighted by Gasteiger charge is 2.34. The summed E-state index contributed by atoms with van der Waals surface area (Å²) >= 11 is 11.3. The van der Waals surface area contributed by atoms with Crippen molar-refractivity contribution in [3.63, 3.8) is 0 Å². The first-order valence-electron chi connectivity index (χ1n) is 9.24. The lowest BCUT2D eigenvalue weighted by molar-refractivity contribution is -0.122. The van der Waals surface area contributed by atoms with E-state index in [0.717, 1.165) is 29.4 Å². The number of thiocarbonyl (C=S) groups is 1. The quantitative estimate of drug-likeness (QED) is 0.381. The third kappa shape index (κ3) is 3.57. The maximum atomic E-state index is 13.2. The number of hydrogen-bond acceptors (Lipinski definition) is 3. The van der Waals surface area contributed by atoms with Gasteiger partial charge in [0.1, 0.15) is 5.57 Å². The van der Waals surface area contributed by atoms with E-state index in [1.54, 1.807) is 30.3 Å². The summed E-state index contributed by atoms with van der Waals surface area (Å²) in [4.78, 5) is 27.1. The van der Waals surface area contributed by atoms with Crippen LogP contribution >= 0.6 is 23.8 Å². The van der Waals surface area contributed by atoms with Gasteiger partial charge < -0.3 is 4.57 Å². The third-order valence-corrected chi connectivity index (χ3v) is 5.27. The van der Waals surface area contributed by atoms with E-state index in [0.29, 0.717) is 10.7 Å². The number of carbonyl (C=O) groups excluding carboxylic acids is 2. The molecule has 0 spiro atoms. The van der Waals surface area contributed by atoms with E-state index in [2.05, 4.69) is 16.8 Å². The van der Waals surface area contributed by atoms with Crippen molar-refractivity contribution >= 4 is 63.4 Å². The molecule has 1 aromatic heterocycles. The molecule has 1 aliphatic heterocycles. The lowest BCUT2D eigenvalue weighted by Gasteiger charge is -2.29. The van der Waals surface area contributed by atoms with E-state index in [1.807, 2.05) is 30.5 Å². The van der Waals surface area contributed by atoms with Gasteiger partial charge in [0.05, 0.1) is 5.69 Å². The fourth-order valence-electron chi connectivity index (χ4n) is 3.48. The monoisotopic (exact) mass is 423 g/mol. The van der Waals surface area contributed by atoms with Crippen molar-refractivity contribution in [2.24, 2.45) is 0 Å². The lowest BCUT2D eigenvalue weighted by atomic mass is 10.1. The van der Waals surface area contributed by atoms with Crippen LogP contribution in [-0.4, -0.2) is 21.5 Å². The van der Waals surface area contributed by atoms with Crippen molar-refractivity contribution in [1.29, 1.82) is 0 Å². The molecule has 4 rings (SSSR count). The Labute approximate surface area is 178 Å². The van der Waals surface area contributed by atoms with Crippen LogP contribution in [0.5, 0.6) is 0 Å². The van der Waals surface area contributed by atoms with Gasteiger partial charge in [-0.1, -0.05) is 42.8 Å². The number of nitrogens with one attached hydrogen (secondary N) is 1. The van der Waals surface area contributed by atoms with Crippen LogP contribution in [0.3, 0.4) is 0 Å². The molecule has 1 N–H and O–H groups in total. The molecule has 0 atom stereocenters. The minimum absolute atomic E-state index is 0.0259. The number of benzene rings is 2. The molecule has 0 aliphatic carbocycles. The Bertz CT molecular complexity index is 1180. The van der Waals surface area contributed by atoms with Crippen LogP contribution in [0.15, 0.2) is 60.3 Å². The van der Waals surface area contributed by atoms with Gasteiger partial charge >= 0.3 is 0 Å². The predicted molar refractivity (Wildman–Crippen MR) is 120 cm³/mol. The van der Waals surface area contributed by atoms with Crippen LogP contribution in [-0.2, 0) is 16.1 Å². The van der Waals surface area contributed by atoms with Crippen molar-refractivity contribution in [2.45, 2.75) is 19.9 Å². The number of hydrogen-bond donors (Lipinski definition) is 1. The number of nitrogens with zero attached hydrogens (tertiary/aromatic N) is 2. The van der Waals surface area contributed by atoms with E-state index in [-0.39, 0.29) is 10.7 Å². The summed E-state index contributed by atoms with van der Waals surface area (Å²) < 4.78 is 2.13. The van der Waals surface area contributed by atoms with Gasteiger partial charge in [0.15, 0.2) is 5.11 Å². The largest absolute Gasteiger partial charge is 0.347 e. The average Bonchev–Trinajstić information content (AvgIpc) is 3.03. The Morgan fingerprint density at radius 1 is 1.14 bits per heavy atom. The zero-order chi connectivity index (χ0) is 20.5. The smallest absolute Gasteiger partial charge is 0.270 e. The summed E-state index contributed by atoms with van der Waals surface area (Å²) in [5.41, 5.74) is 2.41. The normalized spacial score (nSPS) is 16.0. The summed E-state index contributed by atoms with van der Waals surface area (Å²) in [6, 6.07) is 14.7. The van der Waals surface area contributed by atoms with Crippen LogP contribution in [0.4, 0.5) is 5.69 Å². The molecule has 0 unspecified atom stereocenters. The number of aryl methyl sites for hydroxylation is 1. The number of amides is 2. The fourth-order valence-corrected chi connectivity index (χ4v) is 3.94. The van der Waals surface area contributed by atoms with Crippen molar-refractivity contribution in [3.05, 3.63) is 70.9 Å². The summed E-state index contributed by atoms with van der Waals surface area (Å²) in [6.45, 7) is 2.96. The molecular formula is C22H18ClN3O2S. The van der Waals surface area contributed by atoms with Crippen molar-refractivity contribution in [1.82, 2.24) is 9.88 Å². The zero-order valence-electron chi connectivity index (χ0n) is 15.7. The highest BCUT2D eigenvalue weighted by atomic mass is 35.5. The number of carbonyl (C=O) groups is 2. The number of fused-ring (bicyclic) bond motifs is 1. The van der Waals surface area contributed by atoms with Crippen LogP contribution in [0.2, 0.25) is 5.02 Å². The first kappa shape index (κ1) is 19.4. The molecule has 2 amide bonds. The van der Waals surface area contributed by atoms with Gasteiger partial charge in [-0.2, -0.15) is 0 Å². The second-order valence-corrected chi connectivity index (χ2v) is 7.56. The molecule has 7 heteroatoms. The molecule has 0 bridgehead atoms. The molecule has 5 nitrogen and oxygen atoms in total. The van der Waals surface area contributed by atoms with Crippen molar-refractivity contribution in [2.75, 3.05) is 4.90 Å². The Morgan fingerprint density at radius 2 is 1.93 bits per heavy atom. The van der Waals surface area contributed by atoms with Gasteiger partial charge in [0.2, 0.25) is 0 Å². The van der Waals surface area contributed by atoms with Crippen LogP contribution < -0.4 is 10.2 Å². The summed E-state index contributed by atoms with van der Waals surface area (Å²) in [6.07, 6.45) is 4.58. The maximum absolute atomic E-state index is 13.2. The van der Waals surface area contributed by atoms with E-state index in [9.17, 15) is 9.59 Å². The number of para-hydroxylation sites is 1. The fraction of sp³-hybridized carbons (Fsp3) is 0.136. The first-order chi connectivity index (χ1) is 14.0. The molecule has 0 saturated carbocycles. The van der Waals surface area contributed by atoms with E-state index < -0.39 is 11.8 Å². The highest BCUT2D eigenvalue weighted by Crippen LogP contribution is 2.27. The number of halogens is 1. The van der Waals surface area contributed by atoms with Gasteiger partial charge in [-0.05, 0) is 49.0 Å². The van der Waals surface area contributed by atoms with Gasteiger partial charge in [-0.3, -0.25) is 19.8 Å². The number of aromatic nitrogens is 1. The third-order valence-electron chi connectivity index (χ3n) is 4.75. The van der Waals surface area contributed by atoms with Gasteiger partial charge in [-0.15, -0.1) is 0 Å². The van der Waals surface area contributed by atoms with Crippen LogP contribution in [0.25, 0.3) is 17.0 Å². The van der Waals surface area contributed by atoms with Gasteiger partial charge in [0.25, 0.3) is 11.8 Å². The lowest BCUT2D eigenvalue weighted by Crippen LogP contribution is -2.54. The summed E-state index contributed by atoms with van der Waals surface area (Å²) in [5.74, 6) is -0.987. The molecule has 1 fully saturated rings. The second-order valence-electron chi connectivity index (χ2n) is 6.73. The van der Waals surface area contributed by atoms with Gasteiger partial charge in [-0.25, -0.2) is 0 Å². The first-order valence-corrected chi connectivity index (χ1v) is 10.0. The molecule has 2 heterocycles. The summed E-state index contributed by atoms with van der Waals surface area (Å²) in [5, 5.41) is 4.10. The highest BCUT2D eigenvalue weighted by molar-refractivity contribution is 7.80. The predicted octanol–water partition coefficient (Wildman–Crippen LogP) is 4.54. The minimum atomic E-state index is -0.509. The maximum Gasteiger partial charge on any atom is 0.270 e. The van der Waals surface area contributed by atoms with Crippen molar-refractivity contribution in [3.8, 4) is 0 Å². The number of anilines is 1. The Kier molecular flexibility index (Phi) is 5.22. The molecule has 0 radical (unpaired) electrons. The number of rotatable bonds is 4. The molecule has 2 aromatic carbocycles. The molecule has 3 aromatic rings. The standard InChI is InChI=1S/C22H18ClN3O2S/c1-2-10-25-13-14(17-8-3-4-9-19(17)25)11-18-20(27)24-22(29)26(21(18)28)16-7-5-6-15(23)12-16/h3-9,11-13H,2,10H2,1H3,(H,24,27,29)/b18-11+. The minimum Gasteiger partial charge on any atom is -0.347 e. The molecule has 29 heavy (non-hydrogen) atoms. The van der Waals surface area contributed by atoms with E-state index >= 15 is 0 Å². The zero-order valence-corrected chi connectivity index (χ0v) is 17.3. The van der Waals surface area contributed by atoms with E-state index in [1.165, 1.54) is 4.90 Å². The van der Waals surface area contributed by atoms with E-state index in [4.69, 9.17) is 23.8 Å². The molecule has 146 valence electrons. The SMILES string of the molecule is CCCn1cc(/C=C2\C(=O)NC(=S)N(c3cccc(Cl)c3)C2=O)c2ccccc21.